The van der Waals surface area contributed by atoms with E-state index < -0.39 is 0 Å². The fourth-order valence-electron chi connectivity index (χ4n) is 5.20. The van der Waals surface area contributed by atoms with E-state index >= 15 is 0 Å². The highest BCUT2D eigenvalue weighted by atomic mass is 33.1. The molecule has 0 saturated carbocycles. The Balaban J connectivity index is 1.28. The molecule has 4 fully saturated rings. The van der Waals surface area contributed by atoms with E-state index in [1.807, 2.05) is 31.4 Å². The molecule has 2 atom stereocenters. The first-order chi connectivity index (χ1) is 16.7. The SMILES string of the molecule is O=C(SCC(CN1CCCC1)SSC(CSC(=O)N1CCCC1)CN1CCCC1)N1CCCC1. The molecule has 10 heteroatoms. The lowest BCUT2D eigenvalue weighted by molar-refractivity contribution is 0.233. The van der Waals surface area contributed by atoms with Crippen molar-refractivity contribution in [1.82, 2.24) is 19.6 Å². The number of hydrogen-bond acceptors (Lipinski definition) is 8. The molecule has 6 nitrogen and oxygen atoms in total. The fourth-order valence-corrected chi connectivity index (χ4v) is 10.8. The van der Waals surface area contributed by atoms with E-state index in [0.717, 1.165) is 76.5 Å². The summed E-state index contributed by atoms with van der Waals surface area (Å²) in [6.45, 7) is 10.7. The molecule has 2 amide bonds. The van der Waals surface area contributed by atoms with E-state index in [1.165, 1.54) is 75.4 Å². The molecule has 0 aromatic heterocycles. The van der Waals surface area contributed by atoms with Gasteiger partial charge in [-0.3, -0.25) is 9.59 Å². The summed E-state index contributed by atoms with van der Waals surface area (Å²) in [5, 5.41) is 1.44. The predicted molar refractivity (Wildman–Crippen MR) is 151 cm³/mol. The Bertz CT molecular complexity index is 580. The number of amides is 2. The van der Waals surface area contributed by atoms with Gasteiger partial charge >= 0.3 is 0 Å². The molecule has 0 aliphatic carbocycles. The maximum Gasteiger partial charge on any atom is 0.281 e. The summed E-state index contributed by atoms with van der Waals surface area (Å²) in [6.07, 6.45) is 9.82. The van der Waals surface area contributed by atoms with Gasteiger partial charge in [-0.1, -0.05) is 45.1 Å². The molecule has 0 radical (unpaired) electrons. The van der Waals surface area contributed by atoms with Crippen molar-refractivity contribution in [1.29, 1.82) is 0 Å². The lowest BCUT2D eigenvalue weighted by Gasteiger charge is -2.27. The van der Waals surface area contributed by atoms with Crippen LogP contribution < -0.4 is 0 Å². The Morgan fingerprint density at radius 3 is 1.21 bits per heavy atom. The van der Waals surface area contributed by atoms with Crippen LogP contribution in [0.15, 0.2) is 0 Å². The summed E-state index contributed by atoms with van der Waals surface area (Å²) < 4.78 is 0. The van der Waals surface area contributed by atoms with Gasteiger partial charge in [0, 0.05) is 61.3 Å². The molecule has 4 rings (SSSR count). The van der Waals surface area contributed by atoms with E-state index in [9.17, 15) is 9.59 Å². The van der Waals surface area contributed by atoms with Gasteiger partial charge in [-0.25, -0.2) is 0 Å². The lowest BCUT2D eigenvalue weighted by atomic mass is 10.4. The van der Waals surface area contributed by atoms with Crippen molar-refractivity contribution < 1.29 is 9.59 Å². The molecule has 194 valence electrons. The molecule has 0 aromatic rings. The molecular formula is C24H42N4O2S4. The van der Waals surface area contributed by atoms with Gasteiger partial charge in [-0.2, -0.15) is 0 Å². The van der Waals surface area contributed by atoms with Crippen LogP contribution in [0.1, 0.15) is 51.4 Å². The maximum atomic E-state index is 12.7. The Morgan fingerprint density at radius 1 is 0.529 bits per heavy atom. The minimum atomic E-state index is 0.273. The molecular weight excluding hydrogens is 505 g/mol. The summed E-state index contributed by atoms with van der Waals surface area (Å²) in [5.41, 5.74) is 0. The fraction of sp³-hybridized carbons (Fsp3) is 0.917. The summed E-state index contributed by atoms with van der Waals surface area (Å²) >= 11 is 3.07. The van der Waals surface area contributed by atoms with Crippen LogP contribution in [-0.4, -0.2) is 118 Å². The average molecular weight is 547 g/mol. The van der Waals surface area contributed by atoms with E-state index in [1.54, 1.807) is 0 Å². The number of thioether (sulfide) groups is 2. The van der Waals surface area contributed by atoms with Crippen LogP contribution in [0.3, 0.4) is 0 Å². The molecule has 4 heterocycles. The second-order valence-electron chi connectivity index (χ2n) is 9.99. The third kappa shape index (κ3) is 8.98. The number of carbonyl (C=O) groups is 2. The van der Waals surface area contributed by atoms with Crippen molar-refractivity contribution in [2.45, 2.75) is 61.9 Å². The van der Waals surface area contributed by atoms with Gasteiger partial charge in [-0.15, -0.1) is 0 Å². The van der Waals surface area contributed by atoms with Crippen LogP contribution in [0.5, 0.6) is 0 Å². The zero-order valence-electron chi connectivity index (χ0n) is 20.5. The van der Waals surface area contributed by atoms with Crippen molar-refractivity contribution in [2.24, 2.45) is 0 Å². The molecule has 0 N–H and O–H groups in total. The second-order valence-corrected chi connectivity index (χ2v) is 14.8. The van der Waals surface area contributed by atoms with Crippen LogP contribution in [0.2, 0.25) is 0 Å². The Labute approximate surface area is 222 Å². The van der Waals surface area contributed by atoms with Gasteiger partial charge in [-0.05, 0) is 77.5 Å². The molecule has 0 aromatic carbocycles. The third-order valence-corrected chi connectivity index (χ3v) is 13.0. The zero-order valence-corrected chi connectivity index (χ0v) is 23.8. The van der Waals surface area contributed by atoms with Gasteiger partial charge < -0.3 is 19.6 Å². The smallest absolute Gasteiger partial charge is 0.281 e. The highest BCUT2D eigenvalue weighted by Gasteiger charge is 2.27. The standard InChI is InChI=1S/C24H42N4O2S4/c29-23(27-13-5-6-14-27)31-19-21(17-25-9-1-2-10-25)33-34-22(18-26-11-3-4-12-26)20-32-24(30)28-15-7-8-16-28/h21-22H,1-20H2. The maximum absolute atomic E-state index is 12.7. The monoisotopic (exact) mass is 546 g/mol. The molecule has 0 bridgehead atoms. The summed E-state index contributed by atoms with van der Waals surface area (Å²) in [7, 11) is 3.97. The van der Waals surface area contributed by atoms with Gasteiger partial charge in [0.25, 0.3) is 10.5 Å². The van der Waals surface area contributed by atoms with Crippen LogP contribution in [0.4, 0.5) is 9.59 Å². The van der Waals surface area contributed by atoms with E-state index in [2.05, 4.69) is 9.80 Å². The van der Waals surface area contributed by atoms with E-state index in [4.69, 9.17) is 0 Å². The summed E-state index contributed by atoms with van der Waals surface area (Å²) in [6, 6.07) is 0. The van der Waals surface area contributed by atoms with Gasteiger partial charge in [0.1, 0.15) is 0 Å². The zero-order chi connectivity index (χ0) is 23.6. The van der Waals surface area contributed by atoms with Gasteiger partial charge in [0.2, 0.25) is 0 Å². The topological polar surface area (TPSA) is 47.1 Å². The molecule has 4 saturated heterocycles. The van der Waals surface area contributed by atoms with Crippen molar-refractivity contribution >= 4 is 55.6 Å². The Morgan fingerprint density at radius 2 is 0.853 bits per heavy atom. The summed E-state index contributed by atoms with van der Waals surface area (Å²) in [4.78, 5) is 34.6. The third-order valence-electron chi connectivity index (χ3n) is 7.16. The van der Waals surface area contributed by atoms with Crippen molar-refractivity contribution in [2.75, 3.05) is 77.0 Å². The lowest BCUT2D eigenvalue weighted by Crippen LogP contribution is -2.33. The largest absolute Gasteiger partial charge is 0.334 e. The summed E-state index contributed by atoms with van der Waals surface area (Å²) in [5.74, 6) is 1.78. The first kappa shape index (κ1) is 27.3. The van der Waals surface area contributed by atoms with Gasteiger partial charge in [0.05, 0.1) is 0 Å². The van der Waals surface area contributed by atoms with Crippen LogP contribution in [0, 0.1) is 0 Å². The highest BCUT2D eigenvalue weighted by molar-refractivity contribution is 8.77. The molecule has 4 aliphatic rings. The molecule has 0 spiro atoms. The van der Waals surface area contributed by atoms with Gasteiger partial charge in [0.15, 0.2) is 0 Å². The first-order valence-corrected chi connectivity index (χ1v) is 17.5. The molecule has 2 unspecified atom stereocenters. The van der Waals surface area contributed by atoms with Crippen LogP contribution in [0.25, 0.3) is 0 Å². The number of likely N-dealkylation sites (tertiary alicyclic amines) is 4. The number of hydrogen-bond donors (Lipinski definition) is 0. The van der Waals surface area contributed by atoms with Crippen LogP contribution in [-0.2, 0) is 0 Å². The van der Waals surface area contributed by atoms with E-state index in [-0.39, 0.29) is 10.5 Å². The number of carbonyl (C=O) groups excluding carboxylic acids is 2. The minimum Gasteiger partial charge on any atom is -0.334 e. The quantitative estimate of drug-likeness (QED) is 0.328. The minimum absolute atomic E-state index is 0.273. The average Bonchev–Trinajstić information content (AvgIpc) is 3.66. The normalized spacial score (nSPS) is 23.8. The van der Waals surface area contributed by atoms with Crippen LogP contribution >= 0.6 is 45.1 Å². The first-order valence-electron chi connectivity index (χ1n) is 13.3. The molecule has 4 aliphatic heterocycles. The van der Waals surface area contributed by atoms with Crippen molar-refractivity contribution in [3.63, 3.8) is 0 Å². The number of nitrogens with zero attached hydrogens (tertiary/aromatic N) is 4. The molecule has 34 heavy (non-hydrogen) atoms. The number of rotatable bonds is 11. The highest BCUT2D eigenvalue weighted by Crippen LogP contribution is 2.37. The van der Waals surface area contributed by atoms with E-state index in [0.29, 0.717) is 10.5 Å². The Kier molecular flexibility index (Phi) is 11.9. The van der Waals surface area contributed by atoms with Crippen molar-refractivity contribution in [3.8, 4) is 0 Å². The second kappa shape index (κ2) is 14.9. The Hall–Kier alpha value is 0.260. The predicted octanol–water partition coefficient (Wildman–Crippen LogP) is 5.19. The van der Waals surface area contributed by atoms with Crippen molar-refractivity contribution in [3.05, 3.63) is 0 Å².